The predicted molar refractivity (Wildman–Crippen MR) is 51.1 cm³/mol. The van der Waals surface area contributed by atoms with Crippen molar-refractivity contribution < 1.29 is 13.9 Å². The molecule has 0 radical (unpaired) electrons. The smallest absolute Gasteiger partial charge is 0.427 e. The van der Waals surface area contributed by atoms with E-state index in [0.717, 1.165) is 5.56 Å². The summed E-state index contributed by atoms with van der Waals surface area (Å²) in [6.45, 7) is 3.81. The van der Waals surface area contributed by atoms with Crippen LogP contribution in [0.4, 0.5) is 4.79 Å². The molecule has 0 aliphatic rings. The van der Waals surface area contributed by atoms with Crippen molar-refractivity contribution in [1.29, 1.82) is 0 Å². The Morgan fingerprint density at radius 1 is 1.71 bits per heavy atom. The molecule has 1 aromatic rings. The van der Waals surface area contributed by atoms with Gasteiger partial charge in [0.2, 0.25) is 0 Å². The van der Waals surface area contributed by atoms with E-state index in [1.54, 1.807) is 32.4 Å². The molecule has 5 nitrogen and oxygen atoms in total. The lowest BCUT2D eigenvalue weighted by Gasteiger charge is -2.00. The van der Waals surface area contributed by atoms with E-state index in [-0.39, 0.29) is 0 Å². The Morgan fingerprint density at radius 2 is 2.50 bits per heavy atom. The second kappa shape index (κ2) is 5.06. The lowest BCUT2D eigenvalue weighted by atomic mass is 10.2. The summed E-state index contributed by atoms with van der Waals surface area (Å²) in [5.74, 6) is 0. The molecule has 5 heteroatoms. The van der Waals surface area contributed by atoms with E-state index in [0.29, 0.717) is 12.3 Å². The van der Waals surface area contributed by atoms with Gasteiger partial charge in [-0.05, 0) is 19.9 Å². The molecule has 0 saturated carbocycles. The van der Waals surface area contributed by atoms with Crippen molar-refractivity contribution in [3.63, 3.8) is 0 Å². The van der Waals surface area contributed by atoms with Gasteiger partial charge in [0, 0.05) is 5.56 Å². The molecular formula is C9H12N2O3. The van der Waals surface area contributed by atoms with Gasteiger partial charge in [-0.3, -0.25) is 0 Å². The van der Waals surface area contributed by atoms with E-state index in [2.05, 4.69) is 15.3 Å². The van der Waals surface area contributed by atoms with Crippen molar-refractivity contribution in [1.82, 2.24) is 5.43 Å². The van der Waals surface area contributed by atoms with Crippen molar-refractivity contribution in [3.8, 4) is 0 Å². The lowest BCUT2D eigenvalue weighted by molar-refractivity contribution is 0.152. The molecule has 1 N–H and O–H groups in total. The molecule has 0 saturated heterocycles. The SMILES string of the molecule is CCOC(=O)NN=C(C)c1ccoc1. The van der Waals surface area contributed by atoms with Crippen molar-refractivity contribution in [2.75, 3.05) is 6.61 Å². The van der Waals surface area contributed by atoms with Crippen LogP contribution in [0.3, 0.4) is 0 Å². The molecule has 0 aliphatic heterocycles. The Kier molecular flexibility index (Phi) is 3.72. The molecule has 14 heavy (non-hydrogen) atoms. The zero-order chi connectivity index (χ0) is 10.4. The first-order valence-electron chi connectivity index (χ1n) is 4.23. The second-order valence-corrected chi connectivity index (χ2v) is 2.54. The molecule has 0 bridgehead atoms. The van der Waals surface area contributed by atoms with E-state index < -0.39 is 6.09 Å². The minimum atomic E-state index is -0.560. The fourth-order valence-corrected chi connectivity index (χ4v) is 0.828. The summed E-state index contributed by atoms with van der Waals surface area (Å²) in [6, 6.07) is 1.76. The molecule has 0 fully saturated rings. The van der Waals surface area contributed by atoms with Gasteiger partial charge in [0.05, 0.1) is 24.8 Å². The monoisotopic (exact) mass is 196 g/mol. The van der Waals surface area contributed by atoms with Crippen LogP contribution in [-0.4, -0.2) is 18.4 Å². The highest BCUT2D eigenvalue weighted by molar-refractivity contribution is 5.98. The van der Waals surface area contributed by atoms with E-state index in [4.69, 9.17) is 4.42 Å². The fourth-order valence-electron chi connectivity index (χ4n) is 0.828. The second-order valence-electron chi connectivity index (χ2n) is 2.54. The van der Waals surface area contributed by atoms with E-state index in [1.165, 1.54) is 0 Å². The Labute approximate surface area is 81.7 Å². The van der Waals surface area contributed by atoms with Crippen molar-refractivity contribution in [2.24, 2.45) is 5.10 Å². The Bertz CT molecular complexity index is 317. The first kappa shape index (κ1) is 10.3. The van der Waals surface area contributed by atoms with Gasteiger partial charge in [-0.15, -0.1) is 0 Å². The number of furan rings is 1. The number of amides is 1. The van der Waals surface area contributed by atoms with Crippen LogP contribution in [0, 0.1) is 0 Å². The van der Waals surface area contributed by atoms with Crippen molar-refractivity contribution >= 4 is 11.8 Å². The first-order valence-corrected chi connectivity index (χ1v) is 4.23. The number of nitrogens with one attached hydrogen (secondary N) is 1. The molecule has 1 amide bonds. The van der Waals surface area contributed by atoms with Crippen LogP contribution in [0.5, 0.6) is 0 Å². The summed E-state index contributed by atoms with van der Waals surface area (Å²) in [7, 11) is 0. The number of hydrazone groups is 1. The van der Waals surface area contributed by atoms with Gasteiger partial charge in [-0.1, -0.05) is 0 Å². The highest BCUT2D eigenvalue weighted by Crippen LogP contribution is 2.00. The summed E-state index contributed by atoms with van der Waals surface area (Å²) in [6.07, 6.45) is 2.53. The number of carbonyl (C=O) groups excluding carboxylic acids is 1. The van der Waals surface area contributed by atoms with Crippen molar-refractivity contribution in [2.45, 2.75) is 13.8 Å². The molecule has 76 valence electrons. The molecular weight excluding hydrogens is 184 g/mol. The lowest BCUT2D eigenvalue weighted by Crippen LogP contribution is -2.20. The minimum absolute atomic E-state index is 0.326. The molecule has 0 spiro atoms. The summed E-state index contributed by atoms with van der Waals surface area (Å²) >= 11 is 0. The molecule has 0 atom stereocenters. The van der Waals surface area contributed by atoms with Gasteiger partial charge < -0.3 is 9.15 Å². The maximum absolute atomic E-state index is 10.9. The third kappa shape index (κ3) is 2.93. The van der Waals surface area contributed by atoms with Crippen LogP contribution < -0.4 is 5.43 Å². The number of nitrogens with zero attached hydrogens (tertiary/aromatic N) is 1. The van der Waals surface area contributed by atoms with Crippen LogP contribution >= 0.6 is 0 Å². The topological polar surface area (TPSA) is 63.8 Å². The van der Waals surface area contributed by atoms with Crippen LogP contribution in [0.1, 0.15) is 19.4 Å². The maximum Gasteiger partial charge on any atom is 0.427 e. The average molecular weight is 196 g/mol. The van der Waals surface area contributed by atoms with Crippen LogP contribution in [0.15, 0.2) is 28.1 Å². The molecule has 0 unspecified atom stereocenters. The number of rotatable bonds is 3. The molecule has 0 aromatic carbocycles. The van der Waals surface area contributed by atoms with Crippen LogP contribution in [0.25, 0.3) is 0 Å². The molecule has 1 aromatic heterocycles. The standard InChI is InChI=1S/C9H12N2O3/c1-3-14-9(12)11-10-7(2)8-4-5-13-6-8/h4-6H,3H2,1-2H3,(H,11,12). The van der Waals surface area contributed by atoms with Gasteiger partial charge in [0.25, 0.3) is 0 Å². The molecule has 1 rings (SSSR count). The minimum Gasteiger partial charge on any atom is -0.472 e. The summed E-state index contributed by atoms with van der Waals surface area (Å²) in [5.41, 5.74) is 3.74. The Hall–Kier alpha value is -1.78. The third-order valence-corrected chi connectivity index (χ3v) is 1.53. The van der Waals surface area contributed by atoms with Gasteiger partial charge >= 0.3 is 6.09 Å². The third-order valence-electron chi connectivity index (χ3n) is 1.53. The first-order chi connectivity index (χ1) is 6.74. The van der Waals surface area contributed by atoms with Gasteiger partial charge in [-0.2, -0.15) is 5.10 Å². The number of hydrogen-bond acceptors (Lipinski definition) is 4. The van der Waals surface area contributed by atoms with Crippen molar-refractivity contribution in [3.05, 3.63) is 24.2 Å². The predicted octanol–water partition coefficient (Wildman–Crippen LogP) is 1.75. The van der Waals surface area contributed by atoms with Gasteiger partial charge in [0.15, 0.2) is 0 Å². The summed E-state index contributed by atoms with van der Waals surface area (Å²) in [5, 5.41) is 3.82. The average Bonchev–Trinajstić information content (AvgIpc) is 2.67. The zero-order valence-corrected chi connectivity index (χ0v) is 8.11. The highest BCUT2D eigenvalue weighted by Gasteiger charge is 2.00. The van der Waals surface area contributed by atoms with Gasteiger partial charge in [0.1, 0.15) is 0 Å². The van der Waals surface area contributed by atoms with Gasteiger partial charge in [-0.25, -0.2) is 10.2 Å². The maximum atomic E-state index is 10.9. The quantitative estimate of drug-likeness (QED) is 0.591. The number of hydrogen-bond donors (Lipinski definition) is 1. The summed E-state index contributed by atoms with van der Waals surface area (Å²) in [4.78, 5) is 10.9. The number of carbonyl (C=O) groups is 1. The normalized spacial score (nSPS) is 11.1. The largest absolute Gasteiger partial charge is 0.472 e. The molecule has 0 aliphatic carbocycles. The van der Waals surface area contributed by atoms with Crippen LogP contribution in [0.2, 0.25) is 0 Å². The fraction of sp³-hybridized carbons (Fsp3) is 0.333. The van der Waals surface area contributed by atoms with Crippen LogP contribution in [-0.2, 0) is 4.74 Å². The molecule has 1 heterocycles. The van der Waals surface area contributed by atoms with E-state index in [1.807, 2.05) is 0 Å². The Morgan fingerprint density at radius 3 is 3.07 bits per heavy atom. The van der Waals surface area contributed by atoms with E-state index in [9.17, 15) is 4.79 Å². The zero-order valence-electron chi connectivity index (χ0n) is 8.11. The Balaban J connectivity index is 2.49. The highest BCUT2D eigenvalue weighted by atomic mass is 16.5. The van der Waals surface area contributed by atoms with E-state index >= 15 is 0 Å². The summed E-state index contributed by atoms with van der Waals surface area (Å²) < 4.78 is 9.49. The number of ether oxygens (including phenoxy) is 1.